The molecule has 22 heavy (non-hydrogen) atoms. The first kappa shape index (κ1) is 15.0. The lowest BCUT2D eigenvalue weighted by Gasteiger charge is -2.32. The van der Waals surface area contributed by atoms with Crippen molar-refractivity contribution < 1.29 is 14.3 Å². The average Bonchev–Trinajstić information content (AvgIpc) is 3.26. The zero-order chi connectivity index (χ0) is 15.7. The molecule has 0 aromatic carbocycles. The van der Waals surface area contributed by atoms with Crippen LogP contribution in [0, 0.1) is 0 Å². The van der Waals surface area contributed by atoms with Gasteiger partial charge in [-0.2, -0.15) is 0 Å². The molecule has 7 heteroatoms. The molecule has 1 aromatic heterocycles. The van der Waals surface area contributed by atoms with Crippen LogP contribution in [0.2, 0.25) is 0 Å². The first-order valence-electron chi connectivity index (χ1n) is 7.88. The van der Waals surface area contributed by atoms with Gasteiger partial charge >= 0.3 is 5.97 Å². The molecule has 0 radical (unpaired) electrons. The van der Waals surface area contributed by atoms with Crippen LogP contribution in [-0.2, 0) is 20.9 Å². The minimum absolute atomic E-state index is 0.0676. The van der Waals surface area contributed by atoms with Crippen LogP contribution >= 0.6 is 0 Å². The molecule has 1 fully saturated rings. The van der Waals surface area contributed by atoms with Crippen molar-refractivity contribution in [3.63, 3.8) is 0 Å². The van der Waals surface area contributed by atoms with Gasteiger partial charge in [0.2, 0.25) is 5.91 Å². The SMILES string of the molecule is COC(=O)CCCC(=O)N1Cc2nnc(C3CC3)n2[C@@H](C)C1. The summed E-state index contributed by atoms with van der Waals surface area (Å²) < 4.78 is 6.79. The second kappa shape index (κ2) is 6.06. The van der Waals surface area contributed by atoms with Crippen LogP contribution in [0.4, 0.5) is 0 Å². The van der Waals surface area contributed by atoms with Gasteiger partial charge in [0.1, 0.15) is 5.82 Å². The number of nitrogens with zero attached hydrogens (tertiary/aromatic N) is 4. The molecule has 7 nitrogen and oxygen atoms in total. The predicted molar refractivity (Wildman–Crippen MR) is 78.0 cm³/mol. The van der Waals surface area contributed by atoms with Crippen molar-refractivity contribution in [3.8, 4) is 0 Å². The van der Waals surface area contributed by atoms with E-state index in [1.54, 1.807) is 0 Å². The van der Waals surface area contributed by atoms with Crippen LogP contribution in [0.3, 0.4) is 0 Å². The van der Waals surface area contributed by atoms with Crippen LogP contribution in [0.5, 0.6) is 0 Å². The Morgan fingerprint density at radius 2 is 2.05 bits per heavy atom. The summed E-state index contributed by atoms with van der Waals surface area (Å²) in [6.07, 6.45) is 3.57. The van der Waals surface area contributed by atoms with Crippen LogP contribution in [-0.4, -0.2) is 45.2 Å². The Kier molecular flexibility index (Phi) is 4.13. The quantitative estimate of drug-likeness (QED) is 0.769. The van der Waals surface area contributed by atoms with Crippen molar-refractivity contribution in [3.05, 3.63) is 11.6 Å². The molecule has 0 unspecified atom stereocenters. The number of methoxy groups -OCH3 is 1. The summed E-state index contributed by atoms with van der Waals surface area (Å²) in [5.74, 6) is 2.32. The summed E-state index contributed by atoms with van der Waals surface area (Å²) in [5.41, 5.74) is 0. The van der Waals surface area contributed by atoms with Gasteiger partial charge in [0.25, 0.3) is 0 Å². The molecular weight excluding hydrogens is 284 g/mol. The number of ether oxygens (including phenoxy) is 1. The fraction of sp³-hybridized carbons (Fsp3) is 0.733. The number of hydrogen-bond acceptors (Lipinski definition) is 5. The summed E-state index contributed by atoms with van der Waals surface area (Å²) >= 11 is 0. The van der Waals surface area contributed by atoms with E-state index >= 15 is 0 Å². The minimum atomic E-state index is -0.270. The molecule has 120 valence electrons. The second-order valence-electron chi connectivity index (χ2n) is 6.17. The summed E-state index contributed by atoms with van der Waals surface area (Å²) in [5, 5.41) is 8.58. The van der Waals surface area contributed by atoms with Gasteiger partial charge in [0.15, 0.2) is 5.82 Å². The lowest BCUT2D eigenvalue weighted by Crippen LogP contribution is -2.40. The van der Waals surface area contributed by atoms with Crippen LogP contribution < -0.4 is 0 Å². The maximum atomic E-state index is 12.3. The largest absolute Gasteiger partial charge is 0.469 e. The molecule has 1 aliphatic carbocycles. The number of aromatic nitrogens is 3. The standard InChI is InChI=1S/C15H22N4O3/c1-10-8-18(13(20)4-3-5-14(21)22-2)9-12-16-17-15(19(10)12)11-6-7-11/h10-11H,3-9H2,1-2H3/t10-/m0/s1. The molecule has 0 N–H and O–H groups in total. The van der Waals surface area contributed by atoms with E-state index in [-0.39, 0.29) is 24.3 Å². The van der Waals surface area contributed by atoms with Crippen molar-refractivity contribution in [1.29, 1.82) is 0 Å². The molecule has 1 aliphatic heterocycles. The molecule has 2 heterocycles. The smallest absolute Gasteiger partial charge is 0.305 e. The third-order valence-electron chi connectivity index (χ3n) is 4.34. The van der Waals surface area contributed by atoms with Gasteiger partial charge in [-0.15, -0.1) is 10.2 Å². The third kappa shape index (κ3) is 2.98. The van der Waals surface area contributed by atoms with Gasteiger partial charge in [-0.3, -0.25) is 9.59 Å². The van der Waals surface area contributed by atoms with E-state index in [0.29, 0.717) is 31.8 Å². The summed E-state index contributed by atoms with van der Waals surface area (Å²) in [6, 6.07) is 0.207. The molecule has 1 aromatic rings. The molecule has 0 spiro atoms. The van der Waals surface area contributed by atoms with Crippen molar-refractivity contribution >= 4 is 11.9 Å². The topological polar surface area (TPSA) is 77.3 Å². The maximum absolute atomic E-state index is 12.3. The lowest BCUT2D eigenvalue weighted by atomic mass is 10.1. The summed E-state index contributed by atoms with van der Waals surface area (Å²) in [4.78, 5) is 25.2. The molecule has 1 atom stereocenters. The van der Waals surface area contributed by atoms with E-state index in [1.165, 1.54) is 20.0 Å². The number of amides is 1. The highest BCUT2D eigenvalue weighted by molar-refractivity contribution is 5.77. The number of hydrogen-bond donors (Lipinski definition) is 0. The van der Waals surface area contributed by atoms with E-state index < -0.39 is 0 Å². The molecule has 0 saturated heterocycles. The first-order valence-corrected chi connectivity index (χ1v) is 7.88. The highest BCUT2D eigenvalue weighted by Crippen LogP contribution is 2.41. The fourth-order valence-electron chi connectivity index (χ4n) is 3.02. The Balaban J connectivity index is 1.60. The number of esters is 1. The van der Waals surface area contributed by atoms with Crippen molar-refractivity contribution in [2.75, 3.05) is 13.7 Å². The van der Waals surface area contributed by atoms with Gasteiger partial charge in [-0.25, -0.2) is 0 Å². The fourth-order valence-corrected chi connectivity index (χ4v) is 3.02. The Hall–Kier alpha value is -1.92. The van der Waals surface area contributed by atoms with Gasteiger partial charge in [0, 0.05) is 25.3 Å². The van der Waals surface area contributed by atoms with Crippen LogP contribution in [0.25, 0.3) is 0 Å². The Morgan fingerprint density at radius 3 is 2.73 bits per heavy atom. The zero-order valence-corrected chi connectivity index (χ0v) is 13.1. The number of rotatable bonds is 5. The third-order valence-corrected chi connectivity index (χ3v) is 4.34. The van der Waals surface area contributed by atoms with Gasteiger partial charge < -0.3 is 14.2 Å². The number of fused-ring (bicyclic) bond motifs is 1. The van der Waals surface area contributed by atoms with Gasteiger partial charge in [-0.1, -0.05) is 0 Å². The Bertz CT molecular complexity index is 579. The minimum Gasteiger partial charge on any atom is -0.469 e. The predicted octanol–water partition coefficient (Wildman–Crippen LogP) is 1.40. The van der Waals surface area contributed by atoms with Crippen molar-refractivity contribution in [2.24, 2.45) is 0 Å². The average molecular weight is 306 g/mol. The van der Waals surface area contributed by atoms with Crippen LogP contribution in [0.15, 0.2) is 0 Å². The van der Waals surface area contributed by atoms with Crippen molar-refractivity contribution in [1.82, 2.24) is 19.7 Å². The zero-order valence-electron chi connectivity index (χ0n) is 13.1. The van der Waals surface area contributed by atoms with E-state index in [4.69, 9.17) is 0 Å². The number of carbonyl (C=O) groups is 2. The Morgan fingerprint density at radius 1 is 1.27 bits per heavy atom. The highest BCUT2D eigenvalue weighted by Gasteiger charge is 2.35. The van der Waals surface area contributed by atoms with E-state index in [0.717, 1.165) is 11.6 Å². The highest BCUT2D eigenvalue weighted by atomic mass is 16.5. The molecule has 1 saturated carbocycles. The molecular formula is C15H22N4O3. The molecule has 3 rings (SSSR count). The summed E-state index contributed by atoms with van der Waals surface area (Å²) in [6.45, 7) is 3.30. The van der Waals surface area contributed by atoms with Gasteiger partial charge in [-0.05, 0) is 26.2 Å². The molecule has 2 aliphatic rings. The molecule has 1 amide bonds. The first-order chi connectivity index (χ1) is 10.6. The van der Waals surface area contributed by atoms with Crippen LogP contribution in [0.1, 0.15) is 62.6 Å². The second-order valence-corrected chi connectivity index (χ2v) is 6.17. The number of carbonyl (C=O) groups excluding carboxylic acids is 2. The van der Waals surface area contributed by atoms with Gasteiger partial charge in [0.05, 0.1) is 19.7 Å². The normalized spacial score (nSPS) is 20.6. The Labute approximate surface area is 129 Å². The van der Waals surface area contributed by atoms with E-state index in [9.17, 15) is 9.59 Å². The summed E-state index contributed by atoms with van der Waals surface area (Å²) in [7, 11) is 1.36. The lowest BCUT2D eigenvalue weighted by molar-refractivity contribution is -0.141. The van der Waals surface area contributed by atoms with Crippen molar-refractivity contribution in [2.45, 2.75) is 57.5 Å². The monoisotopic (exact) mass is 306 g/mol. The maximum Gasteiger partial charge on any atom is 0.305 e. The molecule has 0 bridgehead atoms. The van der Waals surface area contributed by atoms with E-state index in [2.05, 4.69) is 26.4 Å². The van der Waals surface area contributed by atoms with E-state index in [1.807, 2.05) is 4.90 Å².